The molecule has 3 rings (SSSR count). The number of rotatable bonds is 3. The zero-order chi connectivity index (χ0) is 16.4. The average Bonchev–Trinajstić information content (AvgIpc) is 2.83. The van der Waals surface area contributed by atoms with Gasteiger partial charge in [0.05, 0.1) is 24.1 Å². The van der Waals surface area contributed by atoms with Crippen molar-refractivity contribution in [3.63, 3.8) is 0 Å². The highest BCUT2D eigenvalue weighted by molar-refractivity contribution is 6.32. The summed E-state index contributed by atoms with van der Waals surface area (Å²) in [6.45, 7) is 1.84. The molecule has 1 aromatic carbocycles. The highest BCUT2D eigenvalue weighted by Crippen LogP contribution is 2.26. The van der Waals surface area contributed by atoms with Crippen LogP contribution in [-0.4, -0.2) is 18.7 Å². The maximum Gasteiger partial charge on any atom is 0.280 e. The molecule has 5 nitrogen and oxygen atoms in total. The van der Waals surface area contributed by atoms with Crippen LogP contribution in [0.15, 0.2) is 59.5 Å². The van der Waals surface area contributed by atoms with Crippen molar-refractivity contribution in [3.8, 4) is 5.75 Å². The summed E-state index contributed by atoms with van der Waals surface area (Å²) < 4.78 is 7.08. The summed E-state index contributed by atoms with van der Waals surface area (Å²) in [5.74, 6) is 0.618. The van der Waals surface area contributed by atoms with Crippen molar-refractivity contribution in [1.82, 2.24) is 0 Å². The first-order valence-electron chi connectivity index (χ1n) is 7.29. The summed E-state index contributed by atoms with van der Waals surface area (Å²) in [7, 11) is 3.56. The van der Waals surface area contributed by atoms with Crippen molar-refractivity contribution in [2.45, 2.75) is 6.92 Å². The van der Waals surface area contributed by atoms with Gasteiger partial charge in [-0.15, -0.1) is 0 Å². The number of hydrogen-bond donors (Lipinski definition) is 0. The first-order valence-corrected chi connectivity index (χ1v) is 7.29. The Balaban J connectivity index is 1.91. The van der Waals surface area contributed by atoms with Crippen molar-refractivity contribution in [1.29, 1.82) is 0 Å². The van der Waals surface area contributed by atoms with Gasteiger partial charge in [0, 0.05) is 11.6 Å². The molecule has 0 radical (unpaired) electrons. The second-order valence-electron chi connectivity index (χ2n) is 5.36. The quantitative estimate of drug-likeness (QED) is 0.645. The monoisotopic (exact) mass is 308 g/mol. The zero-order valence-corrected chi connectivity index (χ0v) is 13.4. The molecule has 1 aliphatic heterocycles. The molecule has 0 fully saturated rings. The molecule has 0 unspecified atom stereocenters. The molecule has 23 heavy (non-hydrogen) atoms. The van der Waals surface area contributed by atoms with Gasteiger partial charge in [-0.3, -0.25) is 4.79 Å². The number of hydrogen-bond acceptors (Lipinski definition) is 3. The lowest BCUT2D eigenvalue weighted by atomic mass is 10.1. The van der Waals surface area contributed by atoms with Gasteiger partial charge < -0.3 is 4.74 Å². The summed E-state index contributed by atoms with van der Waals surface area (Å²) >= 11 is 0. The molecule has 1 aliphatic rings. The molecule has 0 atom stereocenters. The zero-order valence-electron chi connectivity index (χ0n) is 13.4. The van der Waals surface area contributed by atoms with Gasteiger partial charge >= 0.3 is 0 Å². The second kappa shape index (κ2) is 6.04. The number of hydrazone groups is 1. The summed E-state index contributed by atoms with van der Waals surface area (Å²) in [6.07, 6.45) is 5.78. The number of anilines is 1. The van der Waals surface area contributed by atoms with E-state index in [9.17, 15) is 4.79 Å². The van der Waals surface area contributed by atoms with E-state index in [1.807, 2.05) is 73.4 Å². The molecule has 1 aromatic heterocycles. The molecule has 0 saturated carbocycles. The number of methoxy groups -OCH3 is 1. The Bertz CT molecular complexity index is 807. The molecule has 1 amide bonds. The Hall–Kier alpha value is -2.95. The van der Waals surface area contributed by atoms with E-state index >= 15 is 0 Å². The van der Waals surface area contributed by atoms with E-state index in [-0.39, 0.29) is 5.91 Å². The number of ether oxygens (including phenoxy) is 1. The smallest absolute Gasteiger partial charge is 0.280 e. The molecule has 0 spiro atoms. The number of pyridine rings is 1. The molecule has 116 valence electrons. The third kappa shape index (κ3) is 2.99. The predicted octanol–water partition coefficient (Wildman–Crippen LogP) is 2.33. The average molecular weight is 308 g/mol. The van der Waals surface area contributed by atoms with Crippen molar-refractivity contribution in [2.75, 3.05) is 12.1 Å². The minimum Gasteiger partial charge on any atom is -0.497 e. The van der Waals surface area contributed by atoms with Gasteiger partial charge in [-0.2, -0.15) is 10.1 Å². The van der Waals surface area contributed by atoms with Gasteiger partial charge in [0.25, 0.3) is 5.91 Å². The minimum absolute atomic E-state index is 0.126. The van der Waals surface area contributed by atoms with E-state index in [0.29, 0.717) is 11.3 Å². The van der Waals surface area contributed by atoms with Crippen LogP contribution in [0.3, 0.4) is 0 Å². The largest absolute Gasteiger partial charge is 0.497 e. The maximum absolute atomic E-state index is 12.7. The predicted molar refractivity (Wildman–Crippen MR) is 89.2 cm³/mol. The highest BCUT2D eigenvalue weighted by Gasteiger charge is 2.28. The van der Waals surface area contributed by atoms with Crippen LogP contribution in [0.25, 0.3) is 6.08 Å². The van der Waals surface area contributed by atoms with Crippen LogP contribution in [0.2, 0.25) is 0 Å². The van der Waals surface area contributed by atoms with Crippen molar-refractivity contribution in [3.05, 3.63) is 59.9 Å². The molecule has 5 heteroatoms. The summed E-state index contributed by atoms with van der Waals surface area (Å²) in [6, 6.07) is 11.2. The Morgan fingerprint density at radius 2 is 1.96 bits per heavy atom. The van der Waals surface area contributed by atoms with Gasteiger partial charge in [0.15, 0.2) is 12.4 Å². The third-order valence-corrected chi connectivity index (χ3v) is 3.65. The standard InChI is InChI=1S/C18H18N3O2/c1-13-17(11-14-5-4-10-20(2)12-14)18(22)21(19-13)15-6-8-16(23-3)9-7-15/h4-12H,1-3H3/q+1. The normalized spacial score (nSPS) is 16.0. The van der Waals surface area contributed by atoms with Gasteiger partial charge in [0.2, 0.25) is 0 Å². The summed E-state index contributed by atoms with van der Waals surface area (Å²) in [4.78, 5) is 12.7. The van der Waals surface area contributed by atoms with Crippen LogP contribution in [0.5, 0.6) is 5.75 Å². The van der Waals surface area contributed by atoms with Crippen LogP contribution in [0.1, 0.15) is 12.5 Å². The molecule has 2 aromatic rings. The molecule has 0 bridgehead atoms. The fourth-order valence-electron chi connectivity index (χ4n) is 2.45. The third-order valence-electron chi connectivity index (χ3n) is 3.65. The number of carbonyl (C=O) groups is 1. The van der Waals surface area contributed by atoms with E-state index in [4.69, 9.17) is 4.74 Å². The Labute approximate surface area is 135 Å². The van der Waals surface area contributed by atoms with E-state index < -0.39 is 0 Å². The number of carbonyl (C=O) groups excluding carboxylic acids is 1. The van der Waals surface area contributed by atoms with Crippen molar-refractivity contribution in [2.24, 2.45) is 12.1 Å². The summed E-state index contributed by atoms with van der Waals surface area (Å²) in [5, 5.41) is 5.80. The fraction of sp³-hybridized carbons (Fsp3) is 0.167. The van der Waals surface area contributed by atoms with Crippen LogP contribution in [0, 0.1) is 0 Å². The van der Waals surface area contributed by atoms with Crippen LogP contribution in [-0.2, 0) is 11.8 Å². The Morgan fingerprint density at radius 3 is 2.61 bits per heavy atom. The molecule has 2 heterocycles. The van der Waals surface area contributed by atoms with Crippen molar-refractivity contribution >= 4 is 23.4 Å². The van der Waals surface area contributed by atoms with Gasteiger partial charge in [-0.05, 0) is 43.3 Å². The van der Waals surface area contributed by atoms with Gasteiger partial charge in [-0.25, -0.2) is 4.57 Å². The topological polar surface area (TPSA) is 45.8 Å². The number of aromatic nitrogens is 1. The Kier molecular flexibility index (Phi) is 3.93. The van der Waals surface area contributed by atoms with Crippen molar-refractivity contribution < 1.29 is 14.1 Å². The first kappa shape index (κ1) is 15.0. The van der Waals surface area contributed by atoms with Crippen LogP contribution >= 0.6 is 0 Å². The molecule has 0 saturated heterocycles. The fourth-order valence-corrected chi connectivity index (χ4v) is 2.45. The lowest BCUT2D eigenvalue weighted by Crippen LogP contribution is -2.26. The Morgan fingerprint density at radius 1 is 1.22 bits per heavy atom. The summed E-state index contributed by atoms with van der Waals surface area (Å²) in [5.41, 5.74) is 2.99. The van der Waals surface area contributed by atoms with E-state index in [1.165, 1.54) is 5.01 Å². The van der Waals surface area contributed by atoms with E-state index in [2.05, 4.69) is 5.10 Å². The van der Waals surface area contributed by atoms with Crippen LogP contribution < -0.4 is 14.3 Å². The maximum atomic E-state index is 12.7. The molecular formula is C18H18N3O2+. The molecule has 0 N–H and O–H groups in total. The van der Waals surface area contributed by atoms with Crippen LogP contribution in [0.4, 0.5) is 5.69 Å². The SMILES string of the molecule is COc1ccc(N2N=C(C)C(=Cc3ccc[n+](C)c3)C2=O)cc1. The first-order chi connectivity index (χ1) is 11.1. The van der Waals surface area contributed by atoms with E-state index in [0.717, 1.165) is 17.0 Å². The second-order valence-corrected chi connectivity index (χ2v) is 5.36. The lowest BCUT2D eigenvalue weighted by molar-refractivity contribution is -0.671. The highest BCUT2D eigenvalue weighted by atomic mass is 16.5. The van der Waals surface area contributed by atoms with E-state index in [1.54, 1.807) is 7.11 Å². The number of aryl methyl sites for hydroxylation is 1. The molecule has 0 aliphatic carbocycles. The number of benzene rings is 1. The van der Waals surface area contributed by atoms with Gasteiger partial charge in [0.1, 0.15) is 12.8 Å². The number of nitrogens with zero attached hydrogens (tertiary/aromatic N) is 3. The molecular weight excluding hydrogens is 290 g/mol. The number of amides is 1. The van der Waals surface area contributed by atoms with Gasteiger partial charge in [-0.1, -0.05) is 0 Å². The lowest BCUT2D eigenvalue weighted by Gasteiger charge is -2.12. The minimum atomic E-state index is -0.126.